The molecule has 2 heterocycles. The largest absolute Gasteiger partial charge is 0.507 e. The van der Waals surface area contributed by atoms with Crippen LogP contribution in [0.15, 0.2) is 54.6 Å². The SMILES string of the molecule is Cc1cc(C)c(-c2n[nH]c3c2C(c2ccc(Cl)c(Cl)c2)N(Cc2ccccc2Cl)C3=O)c(O)c1. The number of aromatic hydroxyl groups is 1. The number of rotatable bonds is 4. The number of benzene rings is 3. The number of aromatic amines is 1. The summed E-state index contributed by atoms with van der Waals surface area (Å²) in [7, 11) is 0. The van der Waals surface area contributed by atoms with Gasteiger partial charge in [-0.3, -0.25) is 9.89 Å². The molecule has 1 atom stereocenters. The lowest BCUT2D eigenvalue weighted by Gasteiger charge is -2.27. The van der Waals surface area contributed by atoms with Crippen molar-refractivity contribution in [3.63, 3.8) is 0 Å². The van der Waals surface area contributed by atoms with Crippen LogP contribution in [0.25, 0.3) is 11.3 Å². The molecular formula is C26H20Cl3N3O2. The molecule has 5 rings (SSSR count). The van der Waals surface area contributed by atoms with Gasteiger partial charge in [-0.05, 0) is 60.4 Å². The summed E-state index contributed by atoms with van der Waals surface area (Å²) < 4.78 is 0. The maximum Gasteiger partial charge on any atom is 0.273 e. The lowest BCUT2D eigenvalue weighted by Crippen LogP contribution is -2.29. The number of aryl methyl sites for hydroxylation is 2. The van der Waals surface area contributed by atoms with E-state index in [0.717, 1.165) is 22.3 Å². The number of fused-ring (bicyclic) bond motifs is 1. The average molecular weight is 513 g/mol. The van der Waals surface area contributed by atoms with Crippen molar-refractivity contribution in [2.24, 2.45) is 0 Å². The summed E-state index contributed by atoms with van der Waals surface area (Å²) in [5.74, 6) is -0.106. The summed E-state index contributed by atoms with van der Waals surface area (Å²) in [6.45, 7) is 4.11. The minimum absolute atomic E-state index is 0.108. The van der Waals surface area contributed by atoms with E-state index in [1.807, 2.05) is 44.2 Å². The summed E-state index contributed by atoms with van der Waals surface area (Å²) in [5.41, 5.74) is 5.55. The monoisotopic (exact) mass is 511 g/mol. The highest BCUT2D eigenvalue weighted by atomic mass is 35.5. The Morgan fingerprint density at radius 1 is 1.00 bits per heavy atom. The number of amides is 1. The molecule has 0 saturated heterocycles. The van der Waals surface area contributed by atoms with Crippen molar-refractivity contribution in [1.29, 1.82) is 0 Å². The Balaban J connectivity index is 1.72. The topological polar surface area (TPSA) is 69.2 Å². The van der Waals surface area contributed by atoms with Crippen molar-refractivity contribution in [3.8, 4) is 17.0 Å². The number of hydrogen-bond acceptors (Lipinski definition) is 3. The van der Waals surface area contributed by atoms with Crippen LogP contribution >= 0.6 is 34.8 Å². The second-order valence-electron chi connectivity index (χ2n) is 8.44. The zero-order valence-corrected chi connectivity index (χ0v) is 20.6. The van der Waals surface area contributed by atoms with Crippen molar-refractivity contribution in [2.75, 3.05) is 0 Å². The van der Waals surface area contributed by atoms with Gasteiger partial charge < -0.3 is 10.0 Å². The Kier molecular flexibility index (Phi) is 5.80. The second kappa shape index (κ2) is 8.66. The molecule has 0 spiro atoms. The molecule has 5 nitrogen and oxygen atoms in total. The van der Waals surface area contributed by atoms with E-state index in [1.165, 1.54) is 0 Å². The molecule has 0 saturated carbocycles. The number of phenols is 1. The third kappa shape index (κ3) is 3.74. The third-order valence-electron chi connectivity index (χ3n) is 6.12. The van der Waals surface area contributed by atoms with Crippen molar-refractivity contribution in [3.05, 3.63) is 103 Å². The molecule has 1 unspecified atom stereocenters. The first-order valence-electron chi connectivity index (χ1n) is 10.6. The van der Waals surface area contributed by atoms with Crippen molar-refractivity contribution < 1.29 is 9.90 Å². The molecular weight excluding hydrogens is 493 g/mol. The first-order valence-corrected chi connectivity index (χ1v) is 11.8. The van der Waals surface area contributed by atoms with E-state index in [2.05, 4.69) is 10.2 Å². The number of aromatic nitrogens is 2. The number of H-pyrrole nitrogens is 1. The van der Waals surface area contributed by atoms with Gasteiger partial charge in [-0.15, -0.1) is 0 Å². The van der Waals surface area contributed by atoms with Crippen molar-refractivity contribution in [2.45, 2.75) is 26.4 Å². The molecule has 2 N–H and O–H groups in total. The molecule has 4 aromatic rings. The summed E-state index contributed by atoms with van der Waals surface area (Å²) in [4.78, 5) is 15.3. The molecule has 172 valence electrons. The Morgan fingerprint density at radius 3 is 2.47 bits per heavy atom. The van der Waals surface area contributed by atoms with Crippen LogP contribution in [0, 0.1) is 13.8 Å². The van der Waals surface area contributed by atoms with Crippen LogP contribution < -0.4 is 0 Å². The first-order chi connectivity index (χ1) is 16.3. The van der Waals surface area contributed by atoms with Crippen LogP contribution in [0.2, 0.25) is 15.1 Å². The summed E-state index contributed by atoms with van der Waals surface area (Å²) >= 11 is 19.0. The van der Waals surface area contributed by atoms with Crippen molar-refractivity contribution in [1.82, 2.24) is 15.1 Å². The smallest absolute Gasteiger partial charge is 0.273 e. The molecule has 0 radical (unpaired) electrons. The number of nitrogens with zero attached hydrogens (tertiary/aromatic N) is 2. The molecule has 34 heavy (non-hydrogen) atoms. The fourth-order valence-corrected chi connectivity index (χ4v) is 5.14. The fourth-order valence-electron chi connectivity index (χ4n) is 4.64. The number of carbonyl (C=O) groups is 1. The minimum Gasteiger partial charge on any atom is -0.507 e. The van der Waals surface area contributed by atoms with Crippen LogP contribution in [-0.2, 0) is 6.54 Å². The number of hydrogen-bond donors (Lipinski definition) is 2. The Hall–Kier alpha value is -2.99. The highest BCUT2D eigenvalue weighted by Gasteiger charge is 2.43. The zero-order chi connectivity index (χ0) is 24.1. The minimum atomic E-state index is -0.512. The molecule has 1 aliphatic rings. The molecule has 3 aromatic carbocycles. The van der Waals surface area contributed by atoms with Gasteiger partial charge in [-0.2, -0.15) is 5.10 Å². The van der Waals surface area contributed by atoms with Gasteiger partial charge in [0, 0.05) is 22.7 Å². The molecule has 0 bridgehead atoms. The van der Waals surface area contributed by atoms with Crippen LogP contribution in [0.5, 0.6) is 5.75 Å². The van der Waals surface area contributed by atoms with Gasteiger partial charge in [0.2, 0.25) is 0 Å². The lowest BCUT2D eigenvalue weighted by atomic mass is 9.93. The van der Waals surface area contributed by atoms with Gasteiger partial charge in [0.1, 0.15) is 17.1 Å². The zero-order valence-electron chi connectivity index (χ0n) is 18.4. The molecule has 1 aliphatic heterocycles. The van der Waals surface area contributed by atoms with Crippen LogP contribution in [0.3, 0.4) is 0 Å². The van der Waals surface area contributed by atoms with Gasteiger partial charge in [0.05, 0.1) is 16.1 Å². The van der Waals surface area contributed by atoms with Gasteiger partial charge in [0.15, 0.2) is 0 Å². The number of nitrogens with one attached hydrogen (secondary N) is 1. The number of carbonyl (C=O) groups excluding carboxylic acids is 1. The van der Waals surface area contributed by atoms with Gasteiger partial charge in [-0.1, -0.05) is 65.1 Å². The predicted molar refractivity (Wildman–Crippen MR) is 135 cm³/mol. The van der Waals surface area contributed by atoms with Gasteiger partial charge >= 0.3 is 0 Å². The van der Waals surface area contributed by atoms with Gasteiger partial charge in [0.25, 0.3) is 5.91 Å². The Bertz CT molecular complexity index is 1420. The molecule has 1 amide bonds. The Labute approximate surface area is 211 Å². The van der Waals surface area contributed by atoms with E-state index in [4.69, 9.17) is 34.8 Å². The van der Waals surface area contributed by atoms with E-state index in [0.29, 0.717) is 37.6 Å². The van der Waals surface area contributed by atoms with Crippen molar-refractivity contribution >= 4 is 40.7 Å². The maximum atomic E-state index is 13.6. The Morgan fingerprint density at radius 2 is 1.76 bits per heavy atom. The maximum absolute atomic E-state index is 13.6. The lowest BCUT2D eigenvalue weighted by molar-refractivity contribution is 0.0730. The van der Waals surface area contributed by atoms with E-state index < -0.39 is 6.04 Å². The number of phenolic OH excluding ortho intramolecular Hbond substituents is 1. The standard InChI is InChI=1S/C26H20Cl3N3O2/c1-13-9-14(2)21(20(33)10-13)23-22-24(31-30-23)26(34)32(12-16-5-3-4-6-17(16)27)25(22)15-7-8-18(28)19(29)11-15/h3-11,25,33H,12H2,1-2H3,(H,30,31). The van der Waals surface area contributed by atoms with E-state index in [1.54, 1.807) is 29.2 Å². The van der Waals surface area contributed by atoms with Gasteiger partial charge in [-0.25, -0.2) is 0 Å². The summed E-state index contributed by atoms with van der Waals surface area (Å²) in [5, 5.41) is 19.6. The van der Waals surface area contributed by atoms with E-state index in [-0.39, 0.29) is 18.2 Å². The molecule has 8 heteroatoms. The first kappa shape index (κ1) is 22.8. The molecule has 1 aromatic heterocycles. The van der Waals surface area contributed by atoms with Crippen LogP contribution in [0.1, 0.15) is 44.3 Å². The quantitative estimate of drug-likeness (QED) is 0.306. The average Bonchev–Trinajstić information content (AvgIpc) is 3.31. The second-order valence-corrected chi connectivity index (χ2v) is 9.66. The fraction of sp³-hybridized carbons (Fsp3) is 0.154. The van der Waals surface area contributed by atoms with E-state index >= 15 is 0 Å². The highest BCUT2D eigenvalue weighted by molar-refractivity contribution is 6.42. The predicted octanol–water partition coefficient (Wildman–Crippen LogP) is 7.10. The molecule has 0 fully saturated rings. The molecule has 0 aliphatic carbocycles. The highest BCUT2D eigenvalue weighted by Crippen LogP contribution is 2.47. The van der Waals surface area contributed by atoms with Crippen LogP contribution in [-0.4, -0.2) is 26.1 Å². The normalized spacial score (nSPS) is 15.1. The third-order valence-corrected chi connectivity index (χ3v) is 7.23. The van der Waals surface area contributed by atoms with Crippen LogP contribution in [0.4, 0.5) is 0 Å². The number of halogens is 3. The summed E-state index contributed by atoms with van der Waals surface area (Å²) in [6.07, 6.45) is 0. The van der Waals surface area contributed by atoms with E-state index in [9.17, 15) is 9.90 Å². The summed E-state index contributed by atoms with van der Waals surface area (Å²) in [6, 6.07) is 15.9.